The van der Waals surface area contributed by atoms with Crippen LogP contribution >= 0.6 is 11.3 Å². The predicted octanol–water partition coefficient (Wildman–Crippen LogP) is 4.68. The molecule has 1 amide bonds. The van der Waals surface area contributed by atoms with Crippen molar-refractivity contribution in [1.82, 2.24) is 18.7 Å². The number of anilines is 1. The van der Waals surface area contributed by atoms with Crippen LogP contribution in [0.15, 0.2) is 63.6 Å². The van der Waals surface area contributed by atoms with Crippen LogP contribution in [0.25, 0.3) is 22.3 Å². The fourth-order valence-electron chi connectivity index (χ4n) is 4.25. The van der Waals surface area contributed by atoms with Gasteiger partial charge < -0.3 is 14.6 Å². The molecule has 0 saturated carbocycles. The van der Waals surface area contributed by atoms with Crippen LogP contribution in [0.3, 0.4) is 0 Å². The molecule has 3 aromatic heterocycles. The molecule has 0 fully saturated rings. The van der Waals surface area contributed by atoms with Gasteiger partial charge in [-0.05, 0) is 35.9 Å². The molecule has 0 aliphatic rings. The van der Waals surface area contributed by atoms with Crippen molar-refractivity contribution in [3.8, 4) is 17.0 Å². The van der Waals surface area contributed by atoms with Crippen molar-refractivity contribution in [3.05, 3.63) is 97.6 Å². The summed E-state index contributed by atoms with van der Waals surface area (Å²) in [6.45, 7) is -0.669. The normalized spacial score (nSPS) is 11.7. The second kappa shape index (κ2) is 10.9. The number of ether oxygens (including phenoxy) is 1. The first-order valence-corrected chi connectivity index (χ1v) is 13.0. The first kappa shape index (κ1) is 28.7. The summed E-state index contributed by atoms with van der Waals surface area (Å²) < 4.78 is 76.8. The molecule has 42 heavy (non-hydrogen) atoms. The van der Waals surface area contributed by atoms with E-state index in [1.807, 2.05) is 0 Å². The number of halogens is 5. The van der Waals surface area contributed by atoms with E-state index >= 15 is 4.39 Å². The Morgan fingerprint density at radius 1 is 1.02 bits per heavy atom. The maximum atomic E-state index is 15.3. The summed E-state index contributed by atoms with van der Waals surface area (Å²) in [5, 5.41) is 4.10. The molecular weight excluding hydrogens is 585 g/mol. The summed E-state index contributed by atoms with van der Waals surface area (Å²) in [6.07, 6.45) is -3.02. The SMILES string of the molecule is Cn1c(=O)c2c(ccn2CC(=O)Nc2nc(-c3ccc(F)c(OCc4ccc(C(F)(F)F)cc4)c3F)cs2)n(C)c1=O. The zero-order valence-electron chi connectivity index (χ0n) is 21.8. The van der Waals surface area contributed by atoms with Gasteiger partial charge in [0.1, 0.15) is 18.7 Å². The van der Waals surface area contributed by atoms with Crippen molar-refractivity contribution < 1.29 is 31.5 Å². The Labute approximate surface area is 237 Å². The van der Waals surface area contributed by atoms with Crippen molar-refractivity contribution in [2.45, 2.75) is 19.3 Å². The molecule has 218 valence electrons. The van der Waals surface area contributed by atoms with E-state index < -0.39 is 46.3 Å². The number of hydrogen-bond acceptors (Lipinski definition) is 6. The Bertz CT molecular complexity index is 1940. The molecule has 5 aromatic rings. The largest absolute Gasteiger partial charge is 0.483 e. The monoisotopic (exact) mass is 605 g/mol. The number of aromatic nitrogens is 4. The highest BCUT2D eigenvalue weighted by Crippen LogP contribution is 2.34. The topological polar surface area (TPSA) is 100 Å². The number of carbonyl (C=O) groups excluding carboxylic acids is 1. The van der Waals surface area contributed by atoms with Crippen LogP contribution in [0.2, 0.25) is 0 Å². The Morgan fingerprint density at radius 2 is 1.74 bits per heavy atom. The lowest BCUT2D eigenvalue weighted by Gasteiger charge is -2.12. The molecular formula is C27H20F5N5O4S. The highest BCUT2D eigenvalue weighted by atomic mass is 32.1. The van der Waals surface area contributed by atoms with Crippen molar-refractivity contribution in [1.29, 1.82) is 0 Å². The number of thiazole rings is 1. The molecule has 0 bridgehead atoms. The summed E-state index contributed by atoms with van der Waals surface area (Å²) in [5.74, 6) is -3.38. The van der Waals surface area contributed by atoms with Gasteiger partial charge in [0.25, 0.3) is 5.56 Å². The van der Waals surface area contributed by atoms with Crippen LogP contribution < -0.4 is 21.3 Å². The molecule has 0 saturated heterocycles. The third-order valence-electron chi connectivity index (χ3n) is 6.44. The van der Waals surface area contributed by atoms with E-state index in [4.69, 9.17) is 4.74 Å². The molecule has 0 unspecified atom stereocenters. The highest BCUT2D eigenvalue weighted by molar-refractivity contribution is 7.14. The average molecular weight is 606 g/mol. The number of alkyl halides is 3. The first-order chi connectivity index (χ1) is 19.8. The number of fused-ring (bicyclic) bond motifs is 1. The zero-order valence-corrected chi connectivity index (χ0v) is 22.6. The number of aryl methyl sites for hydroxylation is 1. The summed E-state index contributed by atoms with van der Waals surface area (Å²) in [5.41, 5.74) is -1.21. The maximum absolute atomic E-state index is 15.3. The second-order valence-corrected chi connectivity index (χ2v) is 10.0. The minimum Gasteiger partial charge on any atom is -0.483 e. The van der Waals surface area contributed by atoms with Gasteiger partial charge in [-0.2, -0.15) is 13.2 Å². The summed E-state index contributed by atoms with van der Waals surface area (Å²) in [7, 11) is 2.84. The van der Waals surface area contributed by atoms with E-state index in [9.17, 15) is 31.9 Å². The maximum Gasteiger partial charge on any atom is 0.416 e. The van der Waals surface area contributed by atoms with E-state index in [0.717, 1.165) is 52.3 Å². The third kappa shape index (κ3) is 5.42. The number of carbonyl (C=O) groups is 1. The highest BCUT2D eigenvalue weighted by Gasteiger charge is 2.30. The van der Waals surface area contributed by atoms with Crippen LogP contribution in [0.1, 0.15) is 11.1 Å². The zero-order chi connectivity index (χ0) is 30.3. The van der Waals surface area contributed by atoms with E-state index in [1.165, 1.54) is 34.8 Å². The minimum atomic E-state index is -4.52. The van der Waals surface area contributed by atoms with Crippen molar-refractivity contribution in [3.63, 3.8) is 0 Å². The fraction of sp³-hybridized carbons (Fsp3) is 0.185. The van der Waals surface area contributed by atoms with Gasteiger partial charge in [-0.25, -0.2) is 18.6 Å². The number of nitrogens with one attached hydrogen (secondary N) is 1. The van der Waals surface area contributed by atoms with Gasteiger partial charge in [-0.3, -0.25) is 18.7 Å². The Balaban J connectivity index is 1.31. The number of amides is 1. The quantitative estimate of drug-likeness (QED) is 0.272. The van der Waals surface area contributed by atoms with Gasteiger partial charge in [-0.15, -0.1) is 11.3 Å². The predicted molar refractivity (Wildman–Crippen MR) is 144 cm³/mol. The average Bonchev–Trinajstić information content (AvgIpc) is 3.57. The molecule has 2 aromatic carbocycles. The molecule has 0 aliphatic heterocycles. The standard InChI is InChI=1S/C27H20F5N5O4S/c1-35-19-9-10-37(22(19)24(39)36(2)26(35)40)11-20(38)34-25-33-18(13-42-25)16-7-8-17(28)23(21(16)29)41-12-14-3-5-15(6-4-14)27(30,31)32/h3-10,13H,11-12H2,1-2H3,(H,33,34,38). The lowest BCUT2D eigenvalue weighted by atomic mass is 10.1. The molecule has 0 spiro atoms. The van der Waals surface area contributed by atoms with Crippen molar-refractivity contribution in [2.75, 3.05) is 5.32 Å². The molecule has 3 heterocycles. The number of benzene rings is 2. The fourth-order valence-corrected chi connectivity index (χ4v) is 4.97. The first-order valence-electron chi connectivity index (χ1n) is 12.1. The van der Waals surface area contributed by atoms with Gasteiger partial charge in [-0.1, -0.05) is 12.1 Å². The Morgan fingerprint density at radius 3 is 2.43 bits per heavy atom. The summed E-state index contributed by atoms with van der Waals surface area (Å²) in [6, 6.07) is 7.62. The smallest absolute Gasteiger partial charge is 0.416 e. The van der Waals surface area contributed by atoms with Crippen molar-refractivity contribution >= 4 is 33.4 Å². The lowest BCUT2D eigenvalue weighted by molar-refractivity contribution is -0.137. The van der Waals surface area contributed by atoms with Gasteiger partial charge in [0.2, 0.25) is 5.91 Å². The van der Waals surface area contributed by atoms with Crippen LogP contribution in [0, 0.1) is 11.6 Å². The number of nitrogens with zero attached hydrogens (tertiary/aromatic N) is 4. The van der Waals surface area contributed by atoms with E-state index in [1.54, 1.807) is 6.07 Å². The van der Waals surface area contributed by atoms with E-state index in [-0.39, 0.29) is 40.6 Å². The summed E-state index contributed by atoms with van der Waals surface area (Å²) >= 11 is 0.974. The molecule has 0 radical (unpaired) electrons. The van der Waals surface area contributed by atoms with Crippen LogP contribution in [-0.2, 0) is 38.2 Å². The molecule has 0 atom stereocenters. The van der Waals surface area contributed by atoms with Crippen LogP contribution in [0.4, 0.5) is 27.1 Å². The van der Waals surface area contributed by atoms with Gasteiger partial charge in [0.15, 0.2) is 22.5 Å². The van der Waals surface area contributed by atoms with E-state index in [2.05, 4.69) is 10.3 Å². The van der Waals surface area contributed by atoms with Crippen molar-refractivity contribution in [2.24, 2.45) is 14.1 Å². The van der Waals surface area contributed by atoms with Gasteiger partial charge >= 0.3 is 11.9 Å². The Hall–Kier alpha value is -4.79. The molecule has 15 heteroatoms. The van der Waals surface area contributed by atoms with Gasteiger partial charge in [0.05, 0.1) is 16.8 Å². The molecule has 9 nitrogen and oxygen atoms in total. The number of hydrogen-bond donors (Lipinski definition) is 1. The lowest BCUT2D eigenvalue weighted by Crippen LogP contribution is -2.37. The summed E-state index contributed by atoms with van der Waals surface area (Å²) in [4.78, 5) is 41.7. The number of rotatable bonds is 7. The molecule has 1 N–H and O–H groups in total. The third-order valence-corrected chi connectivity index (χ3v) is 7.20. The van der Waals surface area contributed by atoms with E-state index in [0.29, 0.717) is 5.52 Å². The van der Waals surface area contributed by atoms with Crippen LogP contribution in [0.5, 0.6) is 5.75 Å². The van der Waals surface area contributed by atoms with Crippen LogP contribution in [-0.4, -0.2) is 24.6 Å². The molecule has 0 aliphatic carbocycles. The Kier molecular flexibility index (Phi) is 7.45. The van der Waals surface area contributed by atoms with Gasteiger partial charge in [0, 0.05) is 31.2 Å². The molecule has 5 rings (SSSR count). The minimum absolute atomic E-state index is 0.0717. The second-order valence-electron chi connectivity index (χ2n) is 9.19.